The quantitative estimate of drug-likeness (QED) is 0.0213. The molecule has 0 spiro atoms. The van der Waals surface area contributed by atoms with Crippen LogP contribution in [-0.2, 0) is 83.1 Å². The first kappa shape index (κ1) is 91.0. The number of rotatable bonds is 43. The Bertz CT molecular complexity index is 3330. The predicted octanol–water partition coefficient (Wildman–Crippen LogP) is -7.32. The van der Waals surface area contributed by atoms with Crippen LogP contribution in [-0.4, -0.2) is 294 Å². The van der Waals surface area contributed by atoms with Gasteiger partial charge in [0.25, 0.3) is 0 Å². The van der Waals surface area contributed by atoms with Crippen LogP contribution in [0.3, 0.4) is 0 Å². The molecule has 0 aromatic heterocycles. The van der Waals surface area contributed by atoms with Gasteiger partial charge in [-0.3, -0.25) is 71.9 Å². The summed E-state index contributed by atoms with van der Waals surface area (Å²) in [6.07, 6.45) is -2.26. The highest BCUT2D eigenvalue weighted by atomic mass is 32.1. The van der Waals surface area contributed by atoms with Crippen LogP contribution in [0.2, 0.25) is 0 Å². The lowest BCUT2D eigenvalue weighted by molar-refractivity contribution is -0.144. The summed E-state index contributed by atoms with van der Waals surface area (Å²) >= 11 is 4.25. The Labute approximate surface area is 629 Å². The van der Waals surface area contributed by atoms with E-state index in [4.69, 9.17) is 11.5 Å². The second-order valence-corrected chi connectivity index (χ2v) is 27.9. The second-order valence-electron chi connectivity index (χ2n) is 27.5. The number of amides is 14. The van der Waals surface area contributed by atoms with Crippen molar-refractivity contribution >= 4 is 107 Å². The van der Waals surface area contributed by atoms with E-state index in [0.29, 0.717) is 31.2 Å². The van der Waals surface area contributed by atoms with Crippen LogP contribution < -0.4 is 70.0 Å². The van der Waals surface area contributed by atoms with E-state index in [2.05, 4.69) is 71.1 Å². The van der Waals surface area contributed by atoms with Crippen molar-refractivity contribution in [2.75, 3.05) is 51.7 Å². The number of phenolic OH excluding ortho intramolecular Hbond substituents is 1. The Kier molecular flexibility index (Phi) is 37.3. The van der Waals surface area contributed by atoms with Gasteiger partial charge >= 0.3 is 11.9 Å². The molecule has 0 unspecified atom stereocenters. The molecule has 1 aromatic carbocycles. The molecule has 22 N–H and O–H groups in total. The summed E-state index contributed by atoms with van der Waals surface area (Å²) in [5, 5.41) is 96.2. The largest absolute Gasteiger partial charge is 0.508 e. The first-order chi connectivity index (χ1) is 50.9. The lowest BCUT2D eigenvalue weighted by atomic mass is 9.97. The van der Waals surface area contributed by atoms with Gasteiger partial charge < -0.3 is 120 Å². The van der Waals surface area contributed by atoms with E-state index in [1.807, 2.05) is 0 Å². The number of hydrogen-bond acceptors (Lipinski definition) is 24. The van der Waals surface area contributed by atoms with E-state index < -0.39 is 236 Å². The topological polar surface area (TPSA) is 609 Å². The number of nitrogens with two attached hydrogens (primary N) is 2. The number of hydrogen-bond donors (Lipinski definition) is 21. The number of nitrogens with zero attached hydrogens (tertiary/aromatic N) is 3. The standard InChI is InChI=1S/C68H108N16O23S/c1-8-34(4)53(81-55(93)35(5)72-63(101)51(70)36(6)87)67(105)84-27-13-17-48(84)62(100)76-43(30-85)59(97)78-45(32-108)65(103)82-25-11-15-46(82)60(98)74-41(22-23-50(91)92)56(94)71-29-49(90)79-54(37(7)88)64(102)80-52(33(2)3)66(104)83-26-12-16-47(83)61(99)73-40(14-9-10-24-69)57(95)75-42(28-38-18-20-39(89)21-19-38)58(96)77-44(31-86)68(106)107/h18-21,33-37,40-48,51-54,85-89,108H,8-17,22-32,69-70H2,1-7H3,(H,71,94)(H,72,101)(H,73,99)(H,74,98)(H,75,95)(H,76,100)(H,77,96)(H,78,97)(H,79,90)(H,80,102)(H,81,93)(H,91,92)(H,106,107)/t34-,35-,36+,37+,40-,41-,42-,43-,44-,45-,46-,47-,48-,51-,52-,53-,54-/m0/s1. The van der Waals surface area contributed by atoms with Gasteiger partial charge in [-0.15, -0.1) is 0 Å². The lowest BCUT2D eigenvalue weighted by Crippen LogP contribution is -2.61. The number of benzene rings is 1. The van der Waals surface area contributed by atoms with Crippen molar-refractivity contribution in [3.63, 3.8) is 0 Å². The third kappa shape index (κ3) is 26.8. The van der Waals surface area contributed by atoms with Crippen LogP contribution in [0.15, 0.2) is 24.3 Å². The summed E-state index contributed by atoms with van der Waals surface area (Å²) in [5.74, 6) is -17.3. The number of aromatic hydroxyl groups is 1. The average Bonchev–Trinajstić information content (AvgIpc) is 1.73. The molecule has 0 bridgehead atoms. The summed E-state index contributed by atoms with van der Waals surface area (Å²) in [6.45, 7) is 7.64. The minimum absolute atomic E-state index is 0.00218. The second kappa shape index (κ2) is 44.2. The number of thiol groups is 1. The Morgan fingerprint density at radius 3 is 1.46 bits per heavy atom. The molecule has 0 aliphatic carbocycles. The molecular weight excluding hydrogens is 1440 g/mol. The molecule has 17 atom stereocenters. The van der Waals surface area contributed by atoms with E-state index in [1.165, 1.54) is 47.9 Å². The highest BCUT2D eigenvalue weighted by Crippen LogP contribution is 2.25. The van der Waals surface area contributed by atoms with Crippen LogP contribution in [0, 0.1) is 11.8 Å². The number of likely N-dealkylation sites (tertiary alicyclic amines) is 3. The molecule has 39 nitrogen and oxygen atoms in total. The molecular formula is C68H108N16O23S. The van der Waals surface area contributed by atoms with Crippen LogP contribution in [0.4, 0.5) is 0 Å². The number of carbonyl (C=O) groups is 16. The lowest BCUT2D eigenvalue weighted by Gasteiger charge is -2.33. The molecule has 3 heterocycles. The minimum Gasteiger partial charge on any atom is -0.508 e. The maximum atomic E-state index is 14.5. The van der Waals surface area contributed by atoms with Gasteiger partial charge in [0.15, 0.2) is 0 Å². The third-order valence-corrected chi connectivity index (χ3v) is 19.2. The monoisotopic (exact) mass is 1550 g/mol. The van der Waals surface area contributed by atoms with Crippen molar-refractivity contribution in [2.24, 2.45) is 23.3 Å². The van der Waals surface area contributed by atoms with E-state index in [1.54, 1.807) is 27.7 Å². The third-order valence-electron chi connectivity index (χ3n) is 18.9. The smallest absolute Gasteiger partial charge is 0.328 e. The summed E-state index contributed by atoms with van der Waals surface area (Å²) in [5.41, 5.74) is 11.9. The average molecular weight is 1550 g/mol. The fourth-order valence-corrected chi connectivity index (χ4v) is 12.5. The molecule has 3 aliphatic heterocycles. The van der Waals surface area contributed by atoms with Crippen molar-refractivity contribution in [3.8, 4) is 5.75 Å². The first-order valence-electron chi connectivity index (χ1n) is 36.0. The maximum Gasteiger partial charge on any atom is 0.328 e. The molecule has 108 heavy (non-hydrogen) atoms. The maximum absolute atomic E-state index is 14.5. The van der Waals surface area contributed by atoms with Crippen LogP contribution in [0.5, 0.6) is 5.75 Å². The van der Waals surface area contributed by atoms with Crippen molar-refractivity contribution < 1.29 is 112 Å². The summed E-state index contributed by atoms with van der Waals surface area (Å²) in [4.78, 5) is 220. The minimum atomic E-state index is -1.80. The molecule has 0 radical (unpaired) electrons. The predicted molar refractivity (Wildman–Crippen MR) is 385 cm³/mol. The molecule has 3 saturated heterocycles. The van der Waals surface area contributed by atoms with Crippen LogP contribution >= 0.6 is 12.6 Å². The Hall–Kier alpha value is -9.35. The highest BCUT2D eigenvalue weighted by Gasteiger charge is 2.45. The number of aliphatic hydroxyl groups is 4. The number of aliphatic hydroxyl groups excluding tert-OH is 4. The van der Waals surface area contributed by atoms with Gasteiger partial charge in [-0.2, -0.15) is 12.6 Å². The van der Waals surface area contributed by atoms with E-state index >= 15 is 0 Å². The summed E-state index contributed by atoms with van der Waals surface area (Å²) < 4.78 is 0. The molecule has 14 amide bonds. The van der Waals surface area contributed by atoms with E-state index in [-0.39, 0.29) is 82.6 Å². The van der Waals surface area contributed by atoms with Crippen molar-refractivity contribution in [1.82, 2.24) is 73.2 Å². The molecule has 4 rings (SSSR count). The van der Waals surface area contributed by atoms with Gasteiger partial charge in [-0.25, -0.2) is 4.79 Å². The SMILES string of the molecule is CC[C@H](C)[C@H](NC(=O)[C@H](C)NC(=O)[C@@H](N)[C@@H](C)O)C(=O)N1CCC[C@H]1C(=O)N[C@@H](CO)C(=O)N[C@@H](CS)C(=O)N1CCC[C@H]1C(=O)N[C@@H](CCC(=O)O)C(=O)NCC(=O)N[C@H](C(=O)N[C@H](C(=O)N1CCC[C@H]1C(=O)N[C@@H](CCCCN)C(=O)N[C@@H](Cc1ccc(O)cc1)C(=O)N[C@@H](CO)C(=O)O)C(C)C)[C@@H](C)O. The molecule has 1 aromatic rings. The molecule has 604 valence electrons. The number of aliphatic carboxylic acids is 2. The van der Waals surface area contributed by atoms with Crippen LogP contribution in [0.25, 0.3) is 0 Å². The fraction of sp³-hybridized carbons (Fsp3) is 0.676. The zero-order valence-electron chi connectivity index (χ0n) is 61.7. The van der Waals surface area contributed by atoms with E-state index in [0.717, 1.165) is 11.8 Å². The fourth-order valence-electron chi connectivity index (χ4n) is 12.3. The van der Waals surface area contributed by atoms with Gasteiger partial charge in [-0.05, 0) is 121 Å². The number of nitrogens with one attached hydrogen (secondary N) is 11. The number of phenols is 1. The molecule has 3 fully saturated rings. The van der Waals surface area contributed by atoms with Gasteiger partial charge in [0.2, 0.25) is 82.7 Å². The number of unbranched alkanes of at least 4 members (excludes halogenated alkanes) is 1. The molecule has 0 saturated carbocycles. The Morgan fingerprint density at radius 2 is 0.991 bits per heavy atom. The summed E-state index contributed by atoms with van der Waals surface area (Å²) in [6, 6.07) is -14.6. The van der Waals surface area contributed by atoms with Crippen molar-refractivity contribution in [2.45, 2.75) is 229 Å². The van der Waals surface area contributed by atoms with Crippen molar-refractivity contribution in [3.05, 3.63) is 29.8 Å². The number of carboxylic acid groups (broad SMARTS) is 2. The Morgan fingerprint density at radius 1 is 0.519 bits per heavy atom. The summed E-state index contributed by atoms with van der Waals surface area (Å²) in [7, 11) is 0. The Balaban J connectivity index is 1.40. The molecule has 3 aliphatic rings. The van der Waals surface area contributed by atoms with Gasteiger partial charge in [0, 0.05) is 38.2 Å². The van der Waals surface area contributed by atoms with Gasteiger partial charge in [0.05, 0.1) is 32.0 Å². The normalized spacial score (nSPS) is 19.4. The van der Waals surface area contributed by atoms with Crippen LogP contribution in [0.1, 0.15) is 131 Å². The van der Waals surface area contributed by atoms with Crippen molar-refractivity contribution in [1.29, 1.82) is 0 Å². The van der Waals surface area contributed by atoms with Gasteiger partial charge in [0.1, 0.15) is 90.3 Å². The first-order valence-corrected chi connectivity index (χ1v) is 36.7. The van der Waals surface area contributed by atoms with Gasteiger partial charge in [-0.1, -0.05) is 46.2 Å². The highest BCUT2D eigenvalue weighted by molar-refractivity contribution is 7.80. The number of carbonyl (C=O) groups excluding carboxylic acids is 14. The zero-order chi connectivity index (χ0) is 81.0. The zero-order valence-corrected chi connectivity index (χ0v) is 62.6. The number of carboxylic acids is 2. The van der Waals surface area contributed by atoms with E-state index in [9.17, 15) is 112 Å². The molecule has 40 heteroatoms.